The van der Waals surface area contributed by atoms with Crippen LogP contribution in [0, 0.1) is 0 Å². The summed E-state index contributed by atoms with van der Waals surface area (Å²) in [7, 11) is 0. The van der Waals surface area contributed by atoms with Crippen molar-refractivity contribution in [2.24, 2.45) is 0 Å². The highest BCUT2D eigenvalue weighted by Gasteiger charge is 2.43. The largest absolute Gasteiger partial charge is 0.361 e. The molecule has 0 fully saturated rings. The maximum absolute atomic E-state index is 3.99. The molecular weight excluding hydrogens is 318 g/mol. The van der Waals surface area contributed by atoms with Gasteiger partial charge in [-0.25, -0.2) is 0 Å². The van der Waals surface area contributed by atoms with Gasteiger partial charge in [-0.3, -0.25) is 0 Å². The lowest BCUT2D eigenvalue weighted by Crippen LogP contribution is -2.53. The Balaban J connectivity index is 1.68. The first-order valence-electron chi connectivity index (χ1n) is 9.67. The molecule has 5 rings (SSSR count). The van der Waals surface area contributed by atoms with E-state index in [4.69, 9.17) is 0 Å². The van der Waals surface area contributed by atoms with Crippen LogP contribution < -0.4 is 10.6 Å². The summed E-state index contributed by atoms with van der Waals surface area (Å²) in [5.74, 6) is 0. The van der Waals surface area contributed by atoms with Crippen LogP contribution in [0.15, 0.2) is 73.1 Å². The number of hydrogen-bond donors (Lipinski definition) is 2. The third-order valence-electron chi connectivity index (χ3n) is 6.02. The summed E-state index contributed by atoms with van der Waals surface area (Å²) in [5.41, 5.74) is 5.39. The first-order valence-corrected chi connectivity index (χ1v) is 9.67. The van der Waals surface area contributed by atoms with Gasteiger partial charge >= 0.3 is 0 Å². The number of rotatable bonds is 2. The van der Waals surface area contributed by atoms with Crippen molar-refractivity contribution in [1.29, 1.82) is 0 Å². The van der Waals surface area contributed by atoms with Crippen LogP contribution in [0.3, 0.4) is 0 Å². The molecule has 3 heteroatoms. The van der Waals surface area contributed by atoms with Gasteiger partial charge in [-0.05, 0) is 67.1 Å². The molecule has 132 valence electrons. The molecule has 2 aliphatic rings. The minimum absolute atomic E-state index is 0.202. The van der Waals surface area contributed by atoms with E-state index in [-0.39, 0.29) is 11.7 Å². The smallest absolute Gasteiger partial charge is 0.134 e. The van der Waals surface area contributed by atoms with Crippen molar-refractivity contribution in [3.05, 3.63) is 89.7 Å². The van der Waals surface area contributed by atoms with Crippen molar-refractivity contribution < 1.29 is 0 Å². The summed E-state index contributed by atoms with van der Waals surface area (Å²) in [6, 6.07) is 22.2. The Labute approximate surface area is 155 Å². The van der Waals surface area contributed by atoms with Crippen molar-refractivity contribution in [3.8, 4) is 0 Å². The highest BCUT2D eigenvalue weighted by atomic mass is 15.3. The van der Waals surface area contributed by atoms with Crippen molar-refractivity contribution in [2.75, 3.05) is 11.9 Å². The molecule has 0 saturated carbocycles. The molecule has 2 aliphatic heterocycles. The summed E-state index contributed by atoms with van der Waals surface area (Å²) in [5, 5.41) is 7.84. The molecule has 0 amide bonds. The van der Waals surface area contributed by atoms with Crippen LogP contribution in [-0.4, -0.2) is 11.1 Å². The van der Waals surface area contributed by atoms with Crippen LogP contribution in [0.4, 0.5) is 5.69 Å². The normalized spacial score (nSPS) is 24.8. The Hall–Kier alpha value is -2.52. The second-order valence-corrected chi connectivity index (χ2v) is 7.49. The first-order chi connectivity index (χ1) is 12.9. The van der Waals surface area contributed by atoms with E-state index < -0.39 is 0 Å². The minimum atomic E-state index is -0.202. The lowest BCUT2D eigenvalue weighted by Gasteiger charge is -2.46. The molecule has 3 nitrogen and oxygen atoms in total. The predicted octanol–water partition coefficient (Wildman–Crippen LogP) is 4.48. The maximum Gasteiger partial charge on any atom is 0.134 e. The maximum atomic E-state index is 3.99. The van der Waals surface area contributed by atoms with Gasteiger partial charge in [0.1, 0.15) is 5.66 Å². The fourth-order valence-electron chi connectivity index (χ4n) is 4.79. The molecular formula is C23H25N3. The monoisotopic (exact) mass is 343 g/mol. The van der Waals surface area contributed by atoms with Gasteiger partial charge < -0.3 is 15.2 Å². The molecule has 0 saturated heterocycles. The second kappa shape index (κ2) is 6.33. The average molecular weight is 343 g/mol. The summed E-state index contributed by atoms with van der Waals surface area (Å²) in [4.78, 5) is 0. The Kier molecular flexibility index (Phi) is 3.83. The average Bonchev–Trinajstić information content (AvgIpc) is 3.16. The summed E-state index contributed by atoms with van der Waals surface area (Å²) in [6.07, 6.45) is 8.90. The zero-order valence-electron chi connectivity index (χ0n) is 15.0. The van der Waals surface area contributed by atoms with Gasteiger partial charge in [-0.1, -0.05) is 42.5 Å². The van der Waals surface area contributed by atoms with Gasteiger partial charge in [-0.2, -0.15) is 0 Å². The number of aromatic nitrogens is 1. The summed E-state index contributed by atoms with van der Waals surface area (Å²) in [6.45, 7) is 1.02. The molecule has 2 aromatic carbocycles. The van der Waals surface area contributed by atoms with Crippen molar-refractivity contribution >= 4 is 5.69 Å². The lowest BCUT2D eigenvalue weighted by molar-refractivity contribution is 0.205. The van der Waals surface area contributed by atoms with Crippen molar-refractivity contribution in [2.45, 2.75) is 37.4 Å². The van der Waals surface area contributed by atoms with E-state index in [2.05, 4.69) is 88.3 Å². The molecule has 0 aliphatic carbocycles. The number of hydrogen-bond acceptors (Lipinski definition) is 2. The van der Waals surface area contributed by atoms with E-state index in [9.17, 15) is 0 Å². The number of aryl methyl sites for hydroxylation is 1. The topological polar surface area (TPSA) is 29.0 Å². The van der Waals surface area contributed by atoms with E-state index in [0.29, 0.717) is 0 Å². The van der Waals surface area contributed by atoms with Crippen LogP contribution in [0.1, 0.15) is 35.6 Å². The summed E-state index contributed by atoms with van der Waals surface area (Å²) < 4.78 is 2.38. The number of nitrogens with zero attached hydrogens (tertiary/aromatic N) is 1. The molecule has 26 heavy (non-hydrogen) atoms. The molecule has 0 bridgehead atoms. The third kappa shape index (κ3) is 2.46. The Morgan fingerprint density at radius 2 is 1.62 bits per heavy atom. The van der Waals surface area contributed by atoms with Gasteiger partial charge in [0.05, 0.1) is 6.04 Å². The van der Waals surface area contributed by atoms with Crippen LogP contribution in [0.2, 0.25) is 0 Å². The highest BCUT2D eigenvalue weighted by molar-refractivity contribution is 5.54. The minimum Gasteiger partial charge on any atom is -0.361 e. The zero-order chi connectivity index (χ0) is 17.4. The van der Waals surface area contributed by atoms with Gasteiger partial charge in [0.15, 0.2) is 0 Å². The van der Waals surface area contributed by atoms with Crippen molar-refractivity contribution in [3.63, 3.8) is 0 Å². The van der Waals surface area contributed by atoms with E-state index in [1.165, 1.54) is 28.8 Å². The first kappa shape index (κ1) is 15.7. The van der Waals surface area contributed by atoms with Crippen molar-refractivity contribution in [1.82, 2.24) is 9.88 Å². The molecule has 3 aromatic rings. The van der Waals surface area contributed by atoms with Crippen LogP contribution in [-0.2, 0) is 18.5 Å². The van der Waals surface area contributed by atoms with Crippen LogP contribution in [0.25, 0.3) is 0 Å². The standard InChI is InChI=1S/C23H25N3/c1-3-11-20-18(8-1)13-15-24-22(20)23(26-16-5-6-17-26)14-7-10-19-9-2-4-12-21(19)25-23/h1-6,8-9,11-12,16-17,22,24-25H,7,10,13-15H2. The molecule has 2 unspecified atom stereocenters. The highest BCUT2D eigenvalue weighted by Crippen LogP contribution is 2.43. The number of fused-ring (bicyclic) bond motifs is 2. The van der Waals surface area contributed by atoms with Gasteiger partial charge in [-0.15, -0.1) is 0 Å². The number of anilines is 1. The zero-order valence-corrected chi connectivity index (χ0v) is 15.0. The van der Waals surface area contributed by atoms with Gasteiger partial charge in [0.2, 0.25) is 0 Å². The Morgan fingerprint density at radius 3 is 2.50 bits per heavy atom. The number of para-hydroxylation sites is 1. The predicted molar refractivity (Wildman–Crippen MR) is 106 cm³/mol. The van der Waals surface area contributed by atoms with E-state index in [1.54, 1.807) is 0 Å². The Bertz CT molecular complexity index is 899. The fraction of sp³-hybridized carbons (Fsp3) is 0.304. The molecule has 1 aromatic heterocycles. The molecule has 0 radical (unpaired) electrons. The quantitative estimate of drug-likeness (QED) is 0.718. The third-order valence-corrected chi connectivity index (χ3v) is 6.02. The van der Waals surface area contributed by atoms with E-state index >= 15 is 0 Å². The molecule has 2 N–H and O–H groups in total. The summed E-state index contributed by atoms with van der Waals surface area (Å²) >= 11 is 0. The Morgan fingerprint density at radius 1 is 0.846 bits per heavy atom. The van der Waals surface area contributed by atoms with Gasteiger partial charge in [0.25, 0.3) is 0 Å². The SMILES string of the molecule is c1ccc2c(c1)CCCC(C1NCCc3ccccc31)(n1cccc1)N2. The van der Waals surface area contributed by atoms with E-state index in [0.717, 1.165) is 25.8 Å². The second-order valence-electron chi connectivity index (χ2n) is 7.49. The molecule has 0 spiro atoms. The van der Waals surface area contributed by atoms with Gasteiger partial charge in [0, 0.05) is 18.1 Å². The lowest BCUT2D eigenvalue weighted by atomic mass is 9.83. The fourth-order valence-corrected chi connectivity index (χ4v) is 4.79. The van der Waals surface area contributed by atoms with E-state index in [1.807, 2.05) is 0 Å². The molecule has 2 atom stereocenters. The molecule has 3 heterocycles. The van der Waals surface area contributed by atoms with Crippen LogP contribution >= 0.6 is 0 Å². The number of nitrogens with one attached hydrogen (secondary N) is 2. The van der Waals surface area contributed by atoms with Crippen LogP contribution in [0.5, 0.6) is 0 Å². The number of benzene rings is 2.